The molecule has 0 aromatic heterocycles. The van der Waals surface area contributed by atoms with Crippen LogP contribution in [0.2, 0.25) is 0 Å². The van der Waals surface area contributed by atoms with Crippen molar-refractivity contribution in [1.29, 1.82) is 0 Å². The summed E-state index contributed by atoms with van der Waals surface area (Å²) in [5.41, 5.74) is 7.55. The first-order valence-electron chi connectivity index (χ1n) is 6.53. The van der Waals surface area contributed by atoms with E-state index >= 15 is 0 Å². The molecule has 0 spiro atoms. The van der Waals surface area contributed by atoms with Crippen LogP contribution in [0.4, 0.5) is 0 Å². The smallest absolute Gasteiger partial charge is 0.237 e. The lowest BCUT2D eigenvalue weighted by molar-refractivity contribution is -0.123. The average Bonchev–Trinajstić information content (AvgIpc) is 2.24. The maximum absolute atomic E-state index is 11.3. The Kier molecular flexibility index (Phi) is 3.44. The van der Waals surface area contributed by atoms with Crippen LogP contribution in [0.1, 0.15) is 43.7 Å². The van der Waals surface area contributed by atoms with E-state index in [9.17, 15) is 4.79 Å². The molecule has 3 N–H and O–H groups in total. The van der Waals surface area contributed by atoms with Gasteiger partial charge in [-0.05, 0) is 50.7 Å². The zero-order chi connectivity index (χ0) is 13.3. The maximum Gasteiger partial charge on any atom is 0.237 e. The van der Waals surface area contributed by atoms with Crippen LogP contribution in [0.5, 0.6) is 0 Å². The topological polar surface area (TPSA) is 55.1 Å². The second kappa shape index (κ2) is 4.73. The van der Waals surface area contributed by atoms with E-state index in [-0.39, 0.29) is 5.91 Å². The molecule has 1 aromatic carbocycles. The van der Waals surface area contributed by atoms with Crippen molar-refractivity contribution in [3.8, 4) is 0 Å². The molecule has 1 aliphatic rings. The minimum atomic E-state index is -0.610. The quantitative estimate of drug-likeness (QED) is 0.854. The number of carbonyl (C=O) groups excluding carboxylic acids is 1. The van der Waals surface area contributed by atoms with E-state index < -0.39 is 5.54 Å². The van der Waals surface area contributed by atoms with Crippen molar-refractivity contribution < 1.29 is 4.79 Å². The molecule has 0 aliphatic heterocycles. The van der Waals surface area contributed by atoms with Crippen LogP contribution in [0.25, 0.3) is 0 Å². The summed E-state index contributed by atoms with van der Waals surface area (Å²) in [6.45, 7) is 5.84. The highest BCUT2D eigenvalue weighted by Gasteiger charge is 2.36. The van der Waals surface area contributed by atoms with Gasteiger partial charge in [0.2, 0.25) is 5.91 Å². The van der Waals surface area contributed by atoms with E-state index in [2.05, 4.69) is 36.5 Å². The summed E-state index contributed by atoms with van der Waals surface area (Å²) in [5, 5.41) is 3.34. The number of rotatable bonds is 4. The number of amides is 1. The van der Waals surface area contributed by atoms with Crippen molar-refractivity contribution in [2.24, 2.45) is 5.73 Å². The summed E-state index contributed by atoms with van der Waals surface area (Å²) in [4.78, 5) is 11.3. The van der Waals surface area contributed by atoms with Gasteiger partial charge in [0.15, 0.2) is 0 Å². The van der Waals surface area contributed by atoms with Gasteiger partial charge in [0.05, 0.1) is 5.54 Å². The molecule has 98 valence electrons. The number of hydrogen-bond donors (Lipinski definition) is 2. The zero-order valence-corrected chi connectivity index (χ0v) is 11.4. The van der Waals surface area contributed by atoms with Gasteiger partial charge in [-0.25, -0.2) is 0 Å². The highest BCUT2D eigenvalue weighted by atomic mass is 16.1. The fraction of sp³-hybridized carbons (Fsp3) is 0.533. The number of benzene rings is 1. The summed E-state index contributed by atoms with van der Waals surface area (Å²) < 4.78 is 0. The molecule has 1 aromatic rings. The van der Waals surface area contributed by atoms with Gasteiger partial charge >= 0.3 is 0 Å². The summed E-state index contributed by atoms with van der Waals surface area (Å²) in [6.07, 6.45) is 2.17. The number of nitrogens with one attached hydrogen (secondary N) is 1. The zero-order valence-electron chi connectivity index (χ0n) is 11.4. The summed E-state index contributed by atoms with van der Waals surface area (Å²) >= 11 is 0. The Bertz CT molecular complexity index is 448. The van der Waals surface area contributed by atoms with Gasteiger partial charge in [-0.3, -0.25) is 4.79 Å². The molecule has 0 bridgehead atoms. The number of primary amides is 1. The van der Waals surface area contributed by atoms with Crippen molar-refractivity contribution >= 4 is 5.91 Å². The van der Waals surface area contributed by atoms with Gasteiger partial charge in [-0.1, -0.05) is 24.3 Å². The summed E-state index contributed by atoms with van der Waals surface area (Å²) in [6, 6.07) is 8.93. The second-order valence-electron chi connectivity index (χ2n) is 5.86. The van der Waals surface area contributed by atoms with Gasteiger partial charge in [0.1, 0.15) is 0 Å². The fourth-order valence-electron chi connectivity index (χ4n) is 2.62. The van der Waals surface area contributed by atoms with Gasteiger partial charge in [0, 0.05) is 6.04 Å². The molecule has 0 radical (unpaired) electrons. The highest BCUT2D eigenvalue weighted by Crippen LogP contribution is 2.38. The number of nitrogens with two attached hydrogens (primary N) is 1. The van der Waals surface area contributed by atoms with Crippen molar-refractivity contribution in [2.45, 2.75) is 51.1 Å². The van der Waals surface area contributed by atoms with Crippen LogP contribution in [0, 0.1) is 6.92 Å². The molecule has 0 saturated heterocycles. The van der Waals surface area contributed by atoms with Gasteiger partial charge in [0.25, 0.3) is 0 Å². The van der Waals surface area contributed by atoms with Crippen LogP contribution >= 0.6 is 0 Å². The molecular formula is C15H22N2O. The lowest BCUT2D eigenvalue weighted by atomic mass is 9.74. The van der Waals surface area contributed by atoms with E-state index in [1.807, 2.05) is 13.8 Å². The normalized spacial score (nSPS) is 23.5. The lowest BCUT2D eigenvalue weighted by Crippen LogP contribution is -2.57. The van der Waals surface area contributed by atoms with Crippen LogP contribution in [0.15, 0.2) is 24.3 Å². The molecule has 0 atom stereocenters. The minimum Gasteiger partial charge on any atom is -0.368 e. The van der Waals surface area contributed by atoms with Gasteiger partial charge < -0.3 is 11.1 Å². The van der Waals surface area contributed by atoms with E-state index in [0.717, 1.165) is 12.8 Å². The molecule has 1 fully saturated rings. The Labute approximate surface area is 109 Å². The molecule has 1 aliphatic carbocycles. The lowest BCUT2D eigenvalue weighted by Gasteiger charge is -2.41. The van der Waals surface area contributed by atoms with E-state index in [1.165, 1.54) is 11.1 Å². The molecule has 3 heteroatoms. The first kappa shape index (κ1) is 13.1. The maximum atomic E-state index is 11.3. The van der Waals surface area contributed by atoms with Crippen LogP contribution in [-0.2, 0) is 4.79 Å². The van der Waals surface area contributed by atoms with E-state index in [0.29, 0.717) is 12.0 Å². The number of aryl methyl sites for hydroxylation is 1. The Morgan fingerprint density at radius 1 is 1.33 bits per heavy atom. The van der Waals surface area contributed by atoms with Crippen LogP contribution in [0.3, 0.4) is 0 Å². The molecule has 18 heavy (non-hydrogen) atoms. The first-order chi connectivity index (χ1) is 8.40. The monoisotopic (exact) mass is 246 g/mol. The summed E-state index contributed by atoms with van der Waals surface area (Å²) in [5.74, 6) is 0.328. The summed E-state index contributed by atoms with van der Waals surface area (Å²) in [7, 11) is 0. The van der Waals surface area contributed by atoms with Crippen LogP contribution in [-0.4, -0.2) is 17.5 Å². The van der Waals surface area contributed by atoms with Crippen molar-refractivity contribution in [1.82, 2.24) is 5.32 Å². The molecule has 0 heterocycles. The molecule has 2 rings (SSSR count). The Morgan fingerprint density at radius 2 is 1.94 bits per heavy atom. The van der Waals surface area contributed by atoms with Gasteiger partial charge in [-0.2, -0.15) is 0 Å². The fourth-order valence-corrected chi connectivity index (χ4v) is 2.62. The third kappa shape index (κ3) is 2.56. The predicted molar refractivity (Wildman–Crippen MR) is 73.4 cm³/mol. The SMILES string of the molecule is Cc1ccccc1C1CC(NC(C)(C)C(N)=O)C1. The molecule has 1 amide bonds. The third-order valence-corrected chi connectivity index (χ3v) is 3.95. The van der Waals surface area contributed by atoms with Crippen molar-refractivity contribution in [3.63, 3.8) is 0 Å². The third-order valence-electron chi connectivity index (χ3n) is 3.95. The Balaban J connectivity index is 1.92. The van der Waals surface area contributed by atoms with Crippen molar-refractivity contribution in [3.05, 3.63) is 35.4 Å². The molecule has 3 nitrogen and oxygen atoms in total. The van der Waals surface area contributed by atoms with Crippen molar-refractivity contribution in [2.75, 3.05) is 0 Å². The Hall–Kier alpha value is -1.35. The number of carbonyl (C=O) groups is 1. The predicted octanol–water partition coefficient (Wildman–Crippen LogP) is 2.09. The standard InChI is InChI=1S/C15H22N2O/c1-10-6-4-5-7-13(10)11-8-12(9-11)17-15(2,3)14(16)18/h4-7,11-12,17H,8-9H2,1-3H3,(H2,16,18). The Morgan fingerprint density at radius 3 is 2.50 bits per heavy atom. The highest BCUT2D eigenvalue weighted by molar-refractivity contribution is 5.83. The first-order valence-corrected chi connectivity index (χ1v) is 6.53. The van der Waals surface area contributed by atoms with E-state index in [4.69, 9.17) is 5.73 Å². The molecular weight excluding hydrogens is 224 g/mol. The van der Waals surface area contributed by atoms with E-state index in [1.54, 1.807) is 0 Å². The largest absolute Gasteiger partial charge is 0.368 e. The van der Waals surface area contributed by atoms with Crippen LogP contribution < -0.4 is 11.1 Å². The second-order valence-corrected chi connectivity index (χ2v) is 5.86. The minimum absolute atomic E-state index is 0.290. The van der Waals surface area contributed by atoms with Gasteiger partial charge in [-0.15, -0.1) is 0 Å². The number of hydrogen-bond acceptors (Lipinski definition) is 2. The average molecular weight is 246 g/mol. The molecule has 0 unspecified atom stereocenters. The molecule has 1 saturated carbocycles.